The largest absolute Gasteiger partial charge is 0.478 e. The number of ether oxygens (including phenoxy) is 1. The Morgan fingerprint density at radius 1 is 1.31 bits per heavy atom. The summed E-state index contributed by atoms with van der Waals surface area (Å²) in [5.74, 6) is -1.90. The fourth-order valence-corrected chi connectivity index (χ4v) is 1.07. The first kappa shape index (κ1) is 14.6. The average Bonchev–Trinajstić information content (AvgIpc) is 2.23. The lowest BCUT2D eigenvalue weighted by Gasteiger charge is -2.09. The number of hydrogen-bond donors (Lipinski definition) is 2. The third-order valence-electron chi connectivity index (χ3n) is 1.95. The molecular formula is C11H18O5. The molecule has 0 fully saturated rings. The van der Waals surface area contributed by atoms with Crippen LogP contribution in [0.25, 0.3) is 0 Å². The third-order valence-corrected chi connectivity index (χ3v) is 1.95. The lowest BCUT2D eigenvalue weighted by molar-refractivity contribution is -0.139. The average molecular weight is 230 g/mol. The topological polar surface area (TPSA) is 83.8 Å². The van der Waals surface area contributed by atoms with Crippen molar-refractivity contribution >= 4 is 11.9 Å². The summed E-state index contributed by atoms with van der Waals surface area (Å²) in [4.78, 5) is 21.0. The summed E-state index contributed by atoms with van der Waals surface area (Å²) in [6, 6.07) is 0. The minimum Gasteiger partial charge on any atom is -0.478 e. The Kier molecular flexibility index (Phi) is 8.15. The van der Waals surface area contributed by atoms with E-state index < -0.39 is 18.0 Å². The van der Waals surface area contributed by atoms with E-state index in [1.807, 2.05) is 6.92 Å². The highest BCUT2D eigenvalue weighted by molar-refractivity contribution is 5.90. The van der Waals surface area contributed by atoms with E-state index in [0.717, 1.165) is 25.0 Å². The molecular weight excluding hydrogens is 212 g/mol. The molecule has 0 saturated heterocycles. The lowest BCUT2D eigenvalue weighted by atomic mass is 10.1. The highest BCUT2D eigenvalue weighted by Crippen LogP contribution is 2.04. The van der Waals surface area contributed by atoms with Gasteiger partial charge in [0.25, 0.3) is 0 Å². The van der Waals surface area contributed by atoms with Crippen molar-refractivity contribution in [1.29, 1.82) is 0 Å². The number of esters is 1. The van der Waals surface area contributed by atoms with Crippen LogP contribution in [0.15, 0.2) is 12.2 Å². The van der Waals surface area contributed by atoms with Gasteiger partial charge in [0.2, 0.25) is 0 Å². The summed E-state index contributed by atoms with van der Waals surface area (Å²) in [7, 11) is 0. The number of aliphatic hydroxyl groups is 1. The number of carbonyl (C=O) groups excluding carboxylic acids is 1. The molecule has 1 unspecified atom stereocenters. The normalized spacial score (nSPS) is 12.6. The predicted octanol–water partition coefficient (Wildman–Crippen LogP) is 1.11. The van der Waals surface area contributed by atoms with Gasteiger partial charge >= 0.3 is 11.9 Å². The van der Waals surface area contributed by atoms with Gasteiger partial charge in [-0.3, -0.25) is 0 Å². The maximum atomic E-state index is 10.9. The van der Waals surface area contributed by atoms with Crippen LogP contribution in [0.3, 0.4) is 0 Å². The van der Waals surface area contributed by atoms with Crippen LogP contribution >= 0.6 is 0 Å². The Morgan fingerprint density at radius 3 is 2.56 bits per heavy atom. The molecule has 0 aromatic carbocycles. The van der Waals surface area contributed by atoms with Crippen LogP contribution in [-0.4, -0.2) is 34.9 Å². The first-order valence-electron chi connectivity index (χ1n) is 5.32. The van der Waals surface area contributed by atoms with Crippen molar-refractivity contribution in [3.8, 4) is 0 Å². The van der Waals surface area contributed by atoms with E-state index >= 15 is 0 Å². The number of unbranched alkanes of at least 4 members (excludes halogenated alkanes) is 1. The third kappa shape index (κ3) is 9.21. The Bertz CT molecular complexity index is 247. The predicted molar refractivity (Wildman–Crippen MR) is 57.9 cm³/mol. The van der Waals surface area contributed by atoms with Crippen LogP contribution in [0.2, 0.25) is 0 Å². The summed E-state index contributed by atoms with van der Waals surface area (Å²) in [5, 5.41) is 17.6. The van der Waals surface area contributed by atoms with Gasteiger partial charge in [0, 0.05) is 18.6 Å². The second kappa shape index (κ2) is 8.91. The number of carbonyl (C=O) groups is 2. The summed E-state index contributed by atoms with van der Waals surface area (Å²) in [6.07, 6.45) is 4.13. The Morgan fingerprint density at radius 2 is 2.00 bits per heavy atom. The van der Waals surface area contributed by atoms with Crippen molar-refractivity contribution in [2.45, 2.75) is 38.7 Å². The number of carboxylic acids is 1. The van der Waals surface area contributed by atoms with E-state index in [1.165, 1.54) is 0 Å². The number of hydrogen-bond acceptors (Lipinski definition) is 4. The maximum absolute atomic E-state index is 10.9. The zero-order valence-corrected chi connectivity index (χ0v) is 9.39. The van der Waals surface area contributed by atoms with Crippen molar-refractivity contribution in [3.05, 3.63) is 12.2 Å². The quantitative estimate of drug-likeness (QED) is 0.482. The first-order chi connectivity index (χ1) is 7.56. The highest BCUT2D eigenvalue weighted by Gasteiger charge is 2.05. The van der Waals surface area contributed by atoms with Crippen molar-refractivity contribution in [3.63, 3.8) is 0 Å². The lowest BCUT2D eigenvalue weighted by Crippen LogP contribution is -2.12. The Labute approximate surface area is 94.7 Å². The standard InChI is InChI=1S/C11H18O5/c1-2-3-4-9(12)7-8-16-11(15)6-5-10(13)14/h5-6,9,12H,2-4,7-8H2,1H3,(H,13,14). The summed E-state index contributed by atoms with van der Waals surface area (Å²) in [6.45, 7) is 2.14. The van der Waals surface area contributed by atoms with E-state index in [1.54, 1.807) is 0 Å². The van der Waals surface area contributed by atoms with Gasteiger partial charge in [-0.1, -0.05) is 19.8 Å². The van der Waals surface area contributed by atoms with Crippen LogP contribution in [0, 0.1) is 0 Å². The molecule has 0 rings (SSSR count). The van der Waals surface area contributed by atoms with E-state index in [-0.39, 0.29) is 6.61 Å². The minimum atomic E-state index is -1.19. The molecule has 0 aliphatic rings. The van der Waals surface area contributed by atoms with Gasteiger partial charge in [-0.25, -0.2) is 9.59 Å². The molecule has 0 amide bonds. The second-order valence-electron chi connectivity index (χ2n) is 3.42. The summed E-state index contributed by atoms with van der Waals surface area (Å²) in [5.41, 5.74) is 0. The smallest absolute Gasteiger partial charge is 0.331 e. The molecule has 0 radical (unpaired) electrons. The maximum Gasteiger partial charge on any atom is 0.331 e. The van der Waals surface area contributed by atoms with Gasteiger partial charge in [0.1, 0.15) is 0 Å². The number of aliphatic hydroxyl groups excluding tert-OH is 1. The SMILES string of the molecule is CCCCC(O)CCOC(=O)C=CC(=O)O. The molecule has 5 heteroatoms. The fourth-order valence-electron chi connectivity index (χ4n) is 1.07. The van der Waals surface area contributed by atoms with Gasteiger partial charge in [-0.2, -0.15) is 0 Å². The zero-order chi connectivity index (χ0) is 12.4. The van der Waals surface area contributed by atoms with Crippen LogP contribution < -0.4 is 0 Å². The van der Waals surface area contributed by atoms with Gasteiger partial charge in [-0.05, 0) is 6.42 Å². The molecule has 92 valence electrons. The fraction of sp³-hybridized carbons (Fsp3) is 0.636. The first-order valence-corrected chi connectivity index (χ1v) is 5.32. The van der Waals surface area contributed by atoms with E-state index in [9.17, 15) is 14.7 Å². The molecule has 1 atom stereocenters. The second-order valence-corrected chi connectivity index (χ2v) is 3.42. The molecule has 16 heavy (non-hydrogen) atoms. The summed E-state index contributed by atoms with van der Waals surface area (Å²) < 4.78 is 4.69. The molecule has 0 aromatic heterocycles. The molecule has 0 bridgehead atoms. The molecule has 0 aliphatic carbocycles. The number of aliphatic carboxylic acids is 1. The van der Waals surface area contributed by atoms with Gasteiger partial charge in [-0.15, -0.1) is 0 Å². The van der Waals surface area contributed by atoms with Gasteiger partial charge < -0.3 is 14.9 Å². The van der Waals surface area contributed by atoms with Crippen LogP contribution in [-0.2, 0) is 14.3 Å². The number of carboxylic acid groups (broad SMARTS) is 1. The van der Waals surface area contributed by atoms with Crippen molar-refractivity contribution < 1.29 is 24.5 Å². The van der Waals surface area contributed by atoms with Gasteiger partial charge in [0.05, 0.1) is 12.7 Å². The Balaban J connectivity index is 3.57. The van der Waals surface area contributed by atoms with Crippen LogP contribution in [0.4, 0.5) is 0 Å². The van der Waals surface area contributed by atoms with Crippen LogP contribution in [0.1, 0.15) is 32.6 Å². The molecule has 0 aromatic rings. The van der Waals surface area contributed by atoms with E-state index in [2.05, 4.69) is 0 Å². The summed E-state index contributed by atoms with van der Waals surface area (Å²) >= 11 is 0. The number of rotatable bonds is 8. The van der Waals surface area contributed by atoms with E-state index in [4.69, 9.17) is 9.84 Å². The highest BCUT2D eigenvalue weighted by atomic mass is 16.5. The van der Waals surface area contributed by atoms with Crippen molar-refractivity contribution in [2.24, 2.45) is 0 Å². The van der Waals surface area contributed by atoms with Crippen LogP contribution in [0.5, 0.6) is 0 Å². The minimum absolute atomic E-state index is 0.105. The molecule has 5 nitrogen and oxygen atoms in total. The molecule has 0 spiro atoms. The van der Waals surface area contributed by atoms with Crippen molar-refractivity contribution in [2.75, 3.05) is 6.61 Å². The Hall–Kier alpha value is -1.36. The molecule has 0 saturated carbocycles. The van der Waals surface area contributed by atoms with E-state index in [0.29, 0.717) is 12.8 Å². The van der Waals surface area contributed by atoms with Crippen molar-refractivity contribution in [1.82, 2.24) is 0 Å². The monoisotopic (exact) mass is 230 g/mol. The molecule has 0 aliphatic heterocycles. The molecule has 2 N–H and O–H groups in total. The molecule has 0 heterocycles. The zero-order valence-electron chi connectivity index (χ0n) is 9.39. The van der Waals surface area contributed by atoms with Gasteiger partial charge in [0.15, 0.2) is 0 Å².